The molecule has 9 nitrogen and oxygen atoms in total. The highest BCUT2D eigenvalue weighted by Crippen LogP contribution is 2.25. The van der Waals surface area contributed by atoms with Gasteiger partial charge in [0, 0.05) is 17.9 Å². The Labute approximate surface area is 189 Å². The highest BCUT2D eigenvalue weighted by molar-refractivity contribution is 9.10. The first-order valence-corrected chi connectivity index (χ1v) is 11.8. The molecule has 0 saturated carbocycles. The van der Waals surface area contributed by atoms with Crippen LogP contribution in [0.5, 0.6) is 0 Å². The average molecular weight is 510 g/mol. The Bertz CT molecular complexity index is 1170. The molecule has 0 saturated heterocycles. The van der Waals surface area contributed by atoms with Crippen molar-refractivity contribution in [2.45, 2.75) is 38.3 Å². The summed E-state index contributed by atoms with van der Waals surface area (Å²) in [5, 5.41) is 15.3. The predicted molar refractivity (Wildman–Crippen MR) is 122 cm³/mol. The van der Waals surface area contributed by atoms with E-state index in [1.54, 1.807) is 44.3 Å². The Morgan fingerprint density at radius 1 is 1.23 bits per heavy atom. The van der Waals surface area contributed by atoms with Crippen LogP contribution in [0, 0.1) is 13.8 Å². The van der Waals surface area contributed by atoms with E-state index < -0.39 is 10.0 Å². The van der Waals surface area contributed by atoms with Crippen molar-refractivity contribution < 1.29 is 17.9 Å². The summed E-state index contributed by atoms with van der Waals surface area (Å²) in [5.74, 6) is 2.04. The van der Waals surface area contributed by atoms with Crippen molar-refractivity contribution in [1.29, 1.82) is 0 Å². The van der Waals surface area contributed by atoms with Crippen LogP contribution in [-0.4, -0.2) is 36.1 Å². The third-order valence-corrected chi connectivity index (χ3v) is 6.49. The summed E-state index contributed by atoms with van der Waals surface area (Å²) < 4.78 is 34.3. The van der Waals surface area contributed by atoms with Gasteiger partial charge < -0.3 is 20.2 Å². The Kier molecular flexibility index (Phi) is 7.31. The van der Waals surface area contributed by atoms with Gasteiger partial charge in [-0.15, -0.1) is 0 Å². The number of hydrogen-bond donors (Lipinski definition) is 4. The van der Waals surface area contributed by atoms with Crippen LogP contribution in [0.4, 0.5) is 17.5 Å². The van der Waals surface area contributed by atoms with Crippen LogP contribution in [0.1, 0.15) is 24.0 Å². The van der Waals surface area contributed by atoms with Gasteiger partial charge in [-0.25, -0.2) is 18.1 Å². The van der Waals surface area contributed by atoms with Gasteiger partial charge in [0.1, 0.15) is 17.3 Å². The quantitative estimate of drug-likeness (QED) is 0.345. The highest BCUT2D eigenvalue weighted by Gasteiger charge is 2.18. The van der Waals surface area contributed by atoms with E-state index in [9.17, 15) is 13.5 Å². The van der Waals surface area contributed by atoms with E-state index in [1.807, 2.05) is 6.92 Å². The number of aliphatic hydroxyl groups excluding tert-OH is 1. The summed E-state index contributed by atoms with van der Waals surface area (Å²) in [6.07, 6.45) is 1.57. The van der Waals surface area contributed by atoms with Crippen molar-refractivity contribution in [2.24, 2.45) is 0 Å². The SMILES string of the molecule is Cc1ccc(CNS(=O)(=O)c2cc(Nc3ncc(Br)c(N[C@H](C)CO)n3)ccc2C)o1. The number of benzene rings is 1. The van der Waals surface area contributed by atoms with Gasteiger partial charge in [-0.2, -0.15) is 4.98 Å². The molecule has 3 aromatic rings. The molecule has 0 bridgehead atoms. The molecule has 4 N–H and O–H groups in total. The second-order valence-electron chi connectivity index (χ2n) is 7.06. The predicted octanol–water partition coefficient (Wildman–Crippen LogP) is 3.46. The molecule has 0 spiro atoms. The zero-order valence-electron chi connectivity index (χ0n) is 17.3. The number of aromatic nitrogens is 2. The number of anilines is 3. The molecule has 0 unspecified atom stereocenters. The Hall–Kier alpha value is -2.47. The Balaban J connectivity index is 1.80. The van der Waals surface area contributed by atoms with E-state index >= 15 is 0 Å². The highest BCUT2D eigenvalue weighted by atomic mass is 79.9. The zero-order chi connectivity index (χ0) is 22.6. The third kappa shape index (κ3) is 6.03. The molecule has 11 heteroatoms. The zero-order valence-corrected chi connectivity index (χ0v) is 19.7. The Morgan fingerprint density at radius 3 is 2.68 bits per heavy atom. The van der Waals surface area contributed by atoms with Crippen LogP contribution >= 0.6 is 15.9 Å². The maximum absolute atomic E-state index is 12.8. The van der Waals surface area contributed by atoms with Crippen LogP contribution in [0.2, 0.25) is 0 Å². The lowest BCUT2D eigenvalue weighted by Crippen LogP contribution is -2.24. The van der Waals surface area contributed by atoms with Crippen LogP contribution in [0.15, 0.2) is 50.3 Å². The summed E-state index contributed by atoms with van der Waals surface area (Å²) in [4.78, 5) is 8.73. The normalized spacial score (nSPS) is 12.5. The minimum Gasteiger partial charge on any atom is -0.465 e. The van der Waals surface area contributed by atoms with E-state index in [-0.39, 0.29) is 30.0 Å². The number of hydrogen-bond acceptors (Lipinski definition) is 8. The van der Waals surface area contributed by atoms with Crippen molar-refractivity contribution in [2.75, 3.05) is 17.2 Å². The van der Waals surface area contributed by atoms with E-state index in [0.717, 1.165) is 0 Å². The van der Waals surface area contributed by atoms with Gasteiger partial charge >= 0.3 is 0 Å². The molecular weight excluding hydrogens is 486 g/mol. The second kappa shape index (κ2) is 9.77. The maximum Gasteiger partial charge on any atom is 0.241 e. The molecule has 2 aromatic heterocycles. The largest absolute Gasteiger partial charge is 0.465 e. The van der Waals surface area contributed by atoms with Gasteiger partial charge in [0.15, 0.2) is 0 Å². The molecule has 1 atom stereocenters. The number of halogens is 1. The maximum atomic E-state index is 12.8. The van der Waals surface area contributed by atoms with E-state index in [0.29, 0.717) is 33.1 Å². The second-order valence-corrected chi connectivity index (χ2v) is 9.65. The number of sulfonamides is 1. The fraction of sp³-hybridized carbons (Fsp3) is 0.300. The molecule has 0 amide bonds. The van der Waals surface area contributed by atoms with E-state index in [2.05, 4.69) is 41.3 Å². The number of aliphatic hydroxyl groups is 1. The molecule has 0 aliphatic heterocycles. The van der Waals surface area contributed by atoms with Crippen LogP contribution in [0.3, 0.4) is 0 Å². The lowest BCUT2D eigenvalue weighted by Gasteiger charge is -2.15. The van der Waals surface area contributed by atoms with Gasteiger partial charge in [-0.05, 0) is 66.5 Å². The number of aryl methyl sites for hydroxylation is 2. The molecular formula is C20H24BrN5O4S. The van der Waals surface area contributed by atoms with E-state index in [1.165, 1.54) is 6.07 Å². The summed E-state index contributed by atoms with van der Waals surface area (Å²) >= 11 is 3.37. The van der Waals surface area contributed by atoms with Crippen LogP contribution in [0.25, 0.3) is 0 Å². The van der Waals surface area contributed by atoms with Gasteiger partial charge in [0.25, 0.3) is 0 Å². The average Bonchev–Trinajstić information content (AvgIpc) is 3.15. The molecule has 3 rings (SSSR count). The topological polar surface area (TPSA) is 129 Å². The third-order valence-electron chi connectivity index (χ3n) is 4.37. The number of rotatable bonds is 9. The van der Waals surface area contributed by atoms with Gasteiger partial charge in [-0.3, -0.25) is 0 Å². The molecule has 31 heavy (non-hydrogen) atoms. The fourth-order valence-electron chi connectivity index (χ4n) is 2.73. The first kappa shape index (κ1) is 23.2. The first-order chi connectivity index (χ1) is 14.7. The Morgan fingerprint density at radius 2 is 2.00 bits per heavy atom. The van der Waals surface area contributed by atoms with Gasteiger partial charge in [-0.1, -0.05) is 6.07 Å². The van der Waals surface area contributed by atoms with Crippen LogP contribution < -0.4 is 15.4 Å². The van der Waals surface area contributed by atoms with Crippen molar-refractivity contribution in [3.05, 3.63) is 58.1 Å². The summed E-state index contributed by atoms with van der Waals surface area (Å²) in [6, 6.07) is 8.30. The summed E-state index contributed by atoms with van der Waals surface area (Å²) in [6.45, 7) is 5.34. The number of furan rings is 1. The molecule has 2 heterocycles. The molecule has 0 aliphatic carbocycles. The first-order valence-electron chi connectivity index (χ1n) is 9.50. The lowest BCUT2D eigenvalue weighted by molar-refractivity contribution is 0.281. The fourth-order valence-corrected chi connectivity index (χ4v) is 4.30. The number of nitrogens with one attached hydrogen (secondary N) is 3. The monoisotopic (exact) mass is 509 g/mol. The molecule has 0 aliphatic rings. The van der Waals surface area contributed by atoms with Crippen LogP contribution in [-0.2, 0) is 16.6 Å². The summed E-state index contributed by atoms with van der Waals surface area (Å²) in [5.41, 5.74) is 1.12. The van der Waals surface area contributed by atoms with Crippen molar-refractivity contribution >= 4 is 43.4 Å². The smallest absolute Gasteiger partial charge is 0.241 e. The van der Waals surface area contributed by atoms with Gasteiger partial charge in [0.05, 0.1) is 22.5 Å². The molecule has 166 valence electrons. The van der Waals surface area contributed by atoms with Gasteiger partial charge in [0.2, 0.25) is 16.0 Å². The van der Waals surface area contributed by atoms with Crippen molar-refractivity contribution in [3.63, 3.8) is 0 Å². The number of nitrogens with zero attached hydrogens (tertiary/aromatic N) is 2. The molecule has 0 fully saturated rings. The van der Waals surface area contributed by atoms with E-state index in [4.69, 9.17) is 4.42 Å². The van der Waals surface area contributed by atoms with Crippen molar-refractivity contribution in [1.82, 2.24) is 14.7 Å². The minimum absolute atomic E-state index is 0.0526. The lowest BCUT2D eigenvalue weighted by atomic mass is 10.2. The standard InChI is InChI=1S/C20H24BrN5O4S/c1-12-4-6-15(25-20-22-10-17(21)19(26-20)24-13(2)11-27)8-18(12)31(28,29)23-9-16-7-5-14(3)30-16/h4-8,10,13,23,27H,9,11H2,1-3H3,(H2,22,24,25,26)/t13-/m1/s1. The minimum atomic E-state index is -3.77. The molecule has 1 aromatic carbocycles. The summed E-state index contributed by atoms with van der Waals surface area (Å²) in [7, 11) is -3.77. The van der Waals surface area contributed by atoms with Crippen molar-refractivity contribution in [3.8, 4) is 0 Å². The molecule has 0 radical (unpaired) electrons.